The fourth-order valence-corrected chi connectivity index (χ4v) is 3.13. The van der Waals surface area contributed by atoms with Crippen molar-refractivity contribution in [2.24, 2.45) is 0 Å². The summed E-state index contributed by atoms with van der Waals surface area (Å²) in [4.78, 5) is 9.83. The number of nitrogen functional groups attached to an aromatic ring is 1. The predicted octanol–water partition coefficient (Wildman–Crippen LogP) is 3.98. The highest BCUT2D eigenvalue weighted by Gasteiger charge is 2.22. The van der Waals surface area contributed by atoms with E-state index in [1.807, 2.05) is 6.92 Å². The number of unbranched alkanes of at least 4 members (excludes halogenated alkanes) is 2. The average Bonchev–Trinajstić information content (AvgIpc) is 2.35. The van der Waals surface area contributed by atoms with Crippen molar-refractivity contribution < 1.29 is 14.0 Å². The van der Waals surface area contributed by atoms with Gasteiger partial charge in [0, 0.05) is 11.3 Å². The second-order valence-corrected chi connectivity index (χ2v) is 6.64. The van der Waals surface area contributed by atoms with Crippen LogP contribution in [0.4, 0.5) is 5.69 Å². The molecule has 19 heavy (non-hydrogen) atoms. The number of nitrogens with two attached hydrogens (primary N) is 1. The lowest BCUT2D eigenvalue weighted by molar-refractivity contribution is 0.376. The summed E-state index contributed by atoms with van der Waals surface area (Å²) in [5, 5.41) is 0. The molecule has 0 fully saturated rings. The molecule has 1 aromatic carbocycles. The van der Waals surface area contributed by atoms with Gasteiger partial charge in [0.2, 0.25) is 0 Å². The Morgan fingerprint density at radius 3 is 2.58 bits per heavy atom. The van der Waals surface area contributed by atoms with Gasteiger partial charge in [-0.1, -0.05) is 32.8 Å². The van der Waals surface area contributed by atoms with Crippen molar-refractivity contribution in [3.05, 3.63) is 23.8 Å². The summed E-state index contributed by atoms with van der Waals surface area (Å²) in [7, 11) is -3.57. The van der Waals surface area contributed by atoms with Crippen molar-refractivity contribution in [3.63, 3.8) is 0 Å². The van der Waals surface area contributed by atoms with Crippen LogP contribution in [0.5, 0.6) is 5.75 Å². The third kappa shape index (κ3) is 5.25. The maximum Gasteiger partial charge on any atom is 0.376 e. The number of anilines is 1. The Kier molecular flexibility index (Phi) is 6.40. The molecule has 108 valence electrons. The van der Waals surface area contributed by atoms with Crippen molar-refractivity contribution in [2.75, 3.05) is 11.9 Å². The maximum absolute atomic E-state index is 12.0. The first-order valence-corrected chi connectivity index (χ1v) is 8.65. The Morgan fingerprint density at radius 2 is 1.95 bits per heavy atom. The third-order valence-electron chi connectivity index (χ3n) is 2.98. The minimum atomic E-state index is -3.57. The van der Waals surface area contributed by atoms with Crippen LogP contribution >= 0.6 is 7.60 Å². The van der Waals surface area contributed by atoms with Crippen LogP contribution in [-0.2, 0) is 11.0 Å². The number of benzene rings is 1. The molecule has 0 bridgehead atoms. The van der Waals surface area contributed by atoms with Crippen LogP contribution in [0.1, 0.15) is 45.1 Å². The fraction of sp³-hybridized carbons (Fsp3) is 0.571. The maximum atomic E-state index is 12.0. The van der Waals surface area contributed by atoms with E-state index in [2.05, 4.69) is 6.92 Å². The predicted molar refractivity (Wildman–Crippen MR) is 79.7 cm³/mol. The van der Waals surface area contributed by atoms with E-state index in [4.69, 9.17) is 10.3 Å². The van der Waals surface area contributed by atoms with Gasteiger partial charge in [-0.25, -0.2) is 4.57 Å². The lowest BCUT2D eigenvalue weighted by Crippen LogP contribution is -2.02. The molecule has 1 unspecified atom stereocenters. The molecule has 0 aromatic heterocycles. The van der Waals surface area contributed by atoms with Gasteiger partial charge in [-0.05, 0) is 31.4 Å². The van der Waals surface area contributed by atoms with E-state index in [0.29, 0.717) is 17.9 Å². The molecule has 1 atom stereocenters. The Bertz CT molecular complexity index is 448. The van der Waals surface area contributed by atoms with Crippen molar-refractivity contribution >= 4 is 13.3 Å². The van der Waals surface area contributed by atoms with Crippen molar-refractivity contribution in [3.8, 4) is 5.75 Å². The zero-order chi connectivity index (χ0) is 14.3. The highest BCUT2D eigenvalue weighted by Crippen LogP contribution is 2.45. The molecule has 4 nitrogen and oxygen atoms in total. The molecule has 0 saturated carbocycles. The number of hydrogen-bond donors (Lipinski definition) is 2. The van der Waals surface area contributed by atoms with E-state index in [-0.39, 0.29) is 6.16 Å². The van der Waals surface area contributed by atoms with Crippen LogP contribution in [0.3, 0.4) is 0 Å². The number of rotatable bonds is 8. The molecule has 0 heterocycles. The molecule has 0 amide bonds. The Morgan fingerprint density at radius 1 is 1.26 bits per heavy atom. The second-order valence-electron chi connectivity index (χ2n) is 4.73. The largest absolute Gasteiger partial charge is 0.424 e. The van der Waals surface area contributed by atoms with Gasteiger partial charge >= 0.3 is 7.60 Å². The normalized spacial score (nSPS) is 14.1. The van der Waals surface area contributed by atoms with Crippen LogP contribution in [0.15, 0.2) is 18.2 Å². The van der Waals surface area contributed by atoms with Crippen molar-refractivity contribution in [1.82, 2.24) is 0 Å². The summed E-state index contributed by atoms with van der Waals surface area (Å²) in [5.41, 5.74) is 7.40. The average molecular weight is 285 g/mol. The Balaban J connectivity index is 2.87. The minimum Gasteiger partial charge on any atom is -0.424 e. The molecular weight excluding hydrogens is 261 g/mol. The van der Waals surface area contributed by atoms with E-state index in [1.165, 1.54) is 0 Å². The van der Waals surface area contributed by atoms with Crippen LogP contribution in [0.2, 0.25) is 0 Å². The Hall–Kier alpha value is -0.990. The van der Waals surface area contributed by atoms with E-state index in [9.17, 15) is 9.46 Å². The second kappa shape index (κ2) is 7.56. The molecule has 3 N–H and O–H groups in total. The van der Waals surface area contributed by atoms with Gasteiger partial charge in [0.15, 0.2) is 0 Å². The summed E-state index contributed by atoms with van der Waals surface area (Å²) >= 11 is 0. The van der Waals surface area contributed by atoms with Gasteiger partial charge in [0.1, 0.15) is 5.75 Å². The quantitative estimate of drug-likeness (QED) is 0.560. The van der Waals surface area contributed by atoms with Gasteiger partial charge in [-0.15, -0.1) is 0 Å². The van der Waals surface area contributed by atoms with Crippen LogP contribution in [0.25, 0.3) is 0 Å². The number of hydrogen-bond acceptors (Lipinski definition) is 3. The van der Waals surface area contributed by atoms with Gasteiger partial charge in [-0.2, -0.15) is 0 Å². The van der Waals surface area contributed by atoms with Gasteiger partial charge in [-0.3, -0.25) is 0 Å². The first-order valence-electron chi connectivity index (χ1n) is 6.89. The van der Waals surface area contributed by atoms with Crippen LogP contribution in [-0.4, -0.2) is 11.1 Å². The summed E-state index contributed by atoms with van der Waals surface area (Å²) in [6.45, 7) is 4.07. The van der Waals surface area contributed by atoms with Crippen molar-refractivity contribution in [2.45, 2.75) is 46.0 Å². The fourth-order valence-electron chi connectivity index (χ4n) is 1.85. The monoisotopic (exact) mass is 285 g/mol. The molecule has 0 radical (unpaired) electrons. The van der Waals surface area contributed by atoms with Crippen LogP contribution in [0, 0.1) is 0 Å². The van der Waals surface area contributed by atoms with Gasteiger partial charge in [0.25, 0.3) is 0 Å². The summed E-state index contributed by atoms with van der Waals surface area (Å²) in [6.07, 6.45) is 4.53. The first-order chi connectivity index (χ1) is 9.00. The molecule has 5 heteroatoms. The topological polar surface area (TPSA) is 72.5 Å². The van der Waals surface area contributed by atoms with E-state index < -0.39 is 7.60 Å². The summed E-state index contributed by atoms with van der Waals surface area (Å²) in [6, 6.07) is 5.27. The van der Waals surface area contributed by atoms with E-state index in [0.717, 1.165) is 31.2 Å². The first kappa shape index (κ1) is 16.1. The highest BCUT2D eigenvalue weighted by molar-refractivity contribution is 7.53. The van der Waals surface area contributed by atoms with Crippen LogP contribution < -0.4 is 10.3 Å². The minimum absolute atomic E-state index is 0.186. The van der Waals surface area contributed by atoms with Gasteiger partial charge in [0.05, 0.1) is 6.16 Å². The van der Waals surface area contributed by atoms with Gasteiger partial charge < -0.3 is 15.2 Å². The molecule has 1 aromatic rings. The zero-order valence-electron chi connectivity index (χ0n) is 11.8. The van der Waals surface area contributed by atoms with E-state index in [1.54, 1.807) is 18.2 Å². The Labute approximate surface area is 115 Å². The molecule has 0 aliphatic heterocycles. The van der Waals surface area contributed by atoms with Crippen molar-refractivity contribution in [1.29, 1.82) is 0 Å². The molecule has 0 spiro atoms. The molecule has 0 aliphatic carbocycles. The zero-order valence-corrected chi connectivity index (χ0v) is 12.7. The highest BCUT2D eigenvalue weighted by atomic mass is 31.2. The molecule has 1 rings (SSSR count). The third-order valence-corrected chi connectivity index (χ3v) is 4.35. The van der Waals surface area contributed by atoms with E-state index >= 15 is 0 Å². The molecule has 0 saturated heterocycles. The lowest BCUT2D eigenvalue weighted by Gasteiger charge is -2.17. The molecular formula is C14H24NO3P. The lowest BCUT2D eigenvalue weighted by atomic mass is 10.1. The smallest absolute Gasteiger partial charge is 0.376 e. The summed E-state index contributed by atoms with van der Waals surface area (Å²) < 4.78 is 17.3. The standard InChI is InChI=1S/C14H24NO3P/c1-3-5-8-12-13(15)9-7-10-14(12)18-19(16,17)11-6-4-2/h7,9-10H,3-6,8,11,15H2,1-2H3,(H,16,17). The SMILES string of the molecule is CCCCc1c(N)cccc1OP(=O)(O)CCCC. The summed E-state index contributed by atoms with van der Waals surface area (Å²) in [5.74, 6) is 0.454. The molecule has 0 aliphatic rings.